The number of benzene rings is 1. The molecule has 0 atom stereocenters. The molecule has 0 aliphatic rings. The van der Waals surface area contributed by atoms with Gasteiger partial charge in [-0.1, -0.05) is 13.8 Å². The van der Waals surface area contributed by atoms with Gasteiger partial charge in [-0.25, -0.2) is 4.98 Å². The molecule has 0 saturated heterocycles. The van der Waals surface area contributed by atoms with Crippen LogP contribution in [0.1, 0.15) is 42.0 Å². The summed E-state index contributed by atoms with van der Waals surface area (Å²) in [5, 5.41) is 3.85. The third-order valence-corrected chi connectivity index (χ3v) is 4.20. The second kappa shape index (κ2) is 6.48. The number of carbonyl (C=O) groups excluding carboxylic acids is 1. The summed E-state index contributed by atoms with van der Waals surface area (Å²) < 4.78 is 5.64. The molecule has 3 rings (SSSR count). The fourth-order valence-electron chi connectivity index (χ4n) is 2.97. The van der Waals surface area contributed by atoms with Crippen LogP contribution in [0.3, 0.4) is 0 Å². The smallest absolute Gasteiger partial charge is 0.230 e. The van der Waals surface area contributed by atoms with Crippen molar-refractivity contribution >= 4 is 22.7 Å². The monoisotopic (exact) mass is 322 g/mol. The van der Waals surface area contributed by atoms with Crippen LogP contribution in [0, 0.1) is 13.8 Å². The standard InChI is InChI=1S/C20H22N2O2/c1-12(2)16-10-17-15(11-24-18(17)8-14(16)4)9-20(23)22-19-7-13(3)5-6-21-19/h5-8,10-12H,9H2,1-4H3,(H,21,22,23). The van der Waals surface area contributed by atoms with Crippen molar-refractivity contribution in [2.75, 3.05) is 5.32 Å². The minimum Gasteiger partial charge on any atom is -0.464 e. The van der Waals surface area contributed by atoms with Crippen LogP contribution >= 0.6 is 0 Å². The molecule has 0 aliphatic heterocycles. The Bertz CT molecular complexity index is 894. The first-order valence-electron chi connectivity index (χ1n) is 8.17. The summed E-state index contributed by atoms with van der Waals surface area (Å²) in [7, 11) is 0. The number of fused-ring (bicyclic) bond motifs is 1. The van der Waals surface area contributed by atoms with Crippen LogP contribution in [0.25, 0.3) is 11.0 Å². The lowest BCUT2D eigenvalue weighted by Gasteiger charge is -2.10. The van der Waals surface area contributed by atoms with E-state index in [1.54, 1.807) is 12.5 Å². The van der Waals surface area contributed by atoms with Gasteiger partial charge < -0.3 is 9.73 Å². The Morgan fingerprint density at radius 1 is 1.25 bits per heavy atom. The molecule has 1 N–H and O–H groups in total. The zero-order chi connectivity index (χ0) is 17.3. The van der Waals surface area contributed by atoms with Gasteiger partial charge in [0.2, 0.25) is 5.91 Å². The van der Waals surface area contributed by atoms with E-state index in [-0.39, 0.29) is 12.3 Å². The van der Waals surface area contributed by atoms with Crippen LogP contribution in [-0.4, -0.2) is 10.9 Å². The summed E-state index contributed by atoms with van der Waals surface area (Å²) in [5.74, 6) is 0.913. The normalized spacial score (nSPS) is 11.2. The predicted octanol–water partition coefficient (Wildman–Crippen LogP) is 4.75. The molecule has 2 heterocycles. The molecule has 0 unspecified atom stereocenters. The molecule has 0 aliphatic carbocycles. The zero-order valence-electron chi connectivity index (χ0n) is 14.5. The van der Waals surface area contributed by atoms with Gasteiger partial charge >= 0.3 is 0 Å². The van der Waals surface area contributed by atoms with Crippen LogP contribution in [0.5, 0.6) is 0 Å². The number of aryl methyl sites for hydroxylation is 2. The number of amides is 1. The molecule has 24 heavy (non-hydrogen) atoms. The highest BCUT2D eigenvalue weighted by molar-refractivity contribution is 5.95. The number of nitrogens with zero attached hydrogens (tertiary/aromatic N) is 1. The van der Waals surface area contributed by atoms with Crippen molar-refractivity contribution in [3.63, 3.8) is 0 Å². The summed E-state index contributed by atoms with van der Waals surface area (Å²) in [4.78, 5) is 16.5. The molecule has 0 bridgehead atoms. The van der Waals surface area contributed by atoms with Gasteiger partial charge in [0.1, 0.15) is 11.4 Å². The molecule has 4 nitrogen and oxygen atoms in total. The summed E-state index contributed by atoms with van der Waals surface area (Å²) >= 11 is 0. The van der Waals surface area contributed by atoms with E-state index in [4.69, 9.17) is 4.42 Å². The molecule has 0 saturated carbocycles. The molecule has 3 aromatic rings. The predicted molar refractivity (Wildman–Crippen MR) is 96.3 cm³/mol. The highest BCUT2D eigenvalue weighted by Crippen LogP contribution is 2.29. The van der Waals surface area contributed by atoms with Gasteiger partial charge in [0, 0.05) is 17.1 Å². The van der Waals surface area contributed by atoms with Crippen LogP contribution < -0.4 is 5.32 Å². The Kier molecular flexibility index (Phi) is 4.38. The second-order valence-electron chi connectivity index (χ2n) is 6.56. The van der Waals surface area contributed by atoms with E-state index in [1.807, 2.05) is 25.1 Å². The van der Waals surface area contributed by atoms with Gasteiger partial charge in [0.15, 0.2) is 0 Å². The van der Waals surface area contributed by atoms with E-state index in [9.17, 15) is 4.79 Å². The molecule has 0 radical (unpaired) electrons. The van der Waals surface area contributed by atoms with Crippen LogP contribution in [0.2, 0.25) is 0 Å². The third kappa shape index (κ3) is 3.32. The zero-order valence-corrected chi connectivity index (χ0v) is 14.5. The number of aromatic nitrogens is 1. The largest absolute Gasteiger partial charge is 0.464 e. The van der Waals surface area contributed by atoms with Gasteiger partial charge in [-0.05, 0) is 60.7 Å². The molecule has 1 aromatic carbocycles. The number of hydrogen-bond acceptors (Lipinski definition) is 3. The lowest BCUT2D eigenvalue weighted by molar-refractivity contribution is -0.115. The highest BCUT2D eigenvalue weighted by atomic mass is 16.3. The quantitative estimate of drug-likeness (QED) is 0.754. The highest BCUT2D eigenvalue weighted by Gasteiger charge is 2.14. The van der Waals surface area contributed by atoms with E-state index in [1.165, 1.54) is 11.1 Å². The first kappa shape index (κ1) is 16.2. The average molecular weight is 322 g/mol. The van der Waals surface area contributed by atoms with Crippen molar-refractivity contribution in [1.29, 1.82) is 0 Å². The van der Waals surface area contributed by atoms with Crippen LogP contribution in [-0.2, 0) is 11.2 Å². The molecule has 124 valence electrons. The lowest BCUT2D eigenvalue weighted by atomic mass is 9.95. The summed E-state index contributed by atoms with van der Waals surface area (Å²) in [6, 6.07) is 7.95. The number of nitrogens with one attached hydrogen (secondary N) is 1. The maximum Gasteiger partial charge on any atom is 0.230 e. The number of hydrogen-bond donors (Lipinski definition) is 1. The molecule has 4 heteroatoms. The van der Waals surface area contributed by atoms with Gasteiger partial charge in [-0.15, -0.1) is 0 Å². The van der Waals surface area contributed by atoms with Crippen LogP contribution in [0.4, 0.5) is 5.82 Å². The first-order chi connectivity index (χ1) is 11.4. The van der Waals surface area contributed by atoms with E-state index in [0.29, 0.717) is 11.7 Å². The van der Waals surface area contributed by atoms with E-state index in [0.717, 1.165) is 22.1 Å². The number of carbonyl (C=O) groups is 1. The molecule has 1 amide bonds. The topological polar surface area (TPSA) is 55.1 Å². The van der Waals surface area contributed by atoms with E-state index in [2.05, 4.69) is 37.1 Å². The van der Waals surface area contributed by atoms with Crippen LogP contribution in [0.15, 0.2) is 41.1 Å². The summed E-state index contributed by atoms with van der Waals surface area (Å²) in [6.45, 7) is 8.40. The molecule has 0 spiro atoms. The fourth-order valence-corrected chi connectivity index (χ4v) is 2.97. The third-order valence-electron chi connectivity index (χ3n) is 4.20. The Hall–Kier alpha value is -2.62. The molecule has 2 aromatic heterocycles. The van der Waals surface area contributed by atoms with Crippen molar-refractivity contribution in [1.82, 2.24) is 4.98 Å². The fraction of sp³-hybridized carbons (Fsp3) is 0.300. The van der Waals surface area contributed by atoms with E-state index >= 15 is 0 Å². The second-order valence-corrected chi connectivity index (χ2v) is 6.56. The summed E-state index contributed by atoms with van der Waals surface area (Å²) in [5.41, 5.74) is 5.29. The van der Waals surface area contributed by atoms with Crippen molar-refractivity contribution < 1.29 is 9.21 Å². The Morgan fingerprint density at radius 3 is 2.75 bits per heavy atom. The van der Waals surface area contributed by atoms with Gasteiger partial charge in [0.25, 0.3) is 0 Å². The number of furan rings is 1. The molecular formula is C20H22N2O2. The number of pyridine rings is 1. The van der Waals surface area contributed by atoms with Gasteiger partial charge in [-0.3, -0.25) is 4.79 Å². The molecular weight excluding hydrogens is 300 g/mol. The lowest BCUT2D eigenvalue weighted by Crippen LogP contribution is -2.15. The van der Waals surface area contributed by atoms with Crippen molar-refractivity contribution in [3.8, 4) is 0 Å². The van der Waals surface area contributed by atoms with Gasteiger partial charge in [0.05, 0.1) is 12.7 Å². The number of rotatable bonds is 4. The minimum absolute atomic E-state index is 0.0949. The maximum atomic E-state index is 12.3. The SMILES string of the molecule is Cc1ccnc(NC(=O)Cc2coc3cc(C)c(C(C)C)cc23)c1. The van der Waals surface area contributed by atoms with Crippen molar-refractivity contribution in [3.05, 3.63) is 59.0 Å². The minimum atomic E-state index is -0.0949. The average Bonchev–Trinajstić information content (AvgIpc) is 2.88. The van der Waals surface area contributed by atoms with Crippen molar-refractivity contribution in [2.24, 2.45) is 0 Å². The van der Waals surface area contributed by atoms with E-state index < -0.39 is 0 Å². The summed E-state index contributed by atoms with van der Waals surface area (Å²) in [6.07, 6.45) is 3.64. The Balaban J connectivity index is 1.84. The molecule has 0 fully saturated rings. The first-order valence-corrected chi connectivity index (χ1v) is 8.17. The Morgan fingerprint density at radius 2 is 2.04 bits per heavy atom. The maximum absolute atomic E-state index is 12.3. The Labute approximate surface area is 141 Å². The number of anilines is 1. The van der Waals surface area contributed by atoms with Crippen molar-refractivity contribution in [2.45, 2.75) is 40.0 Å². The van der Waals surface area contributed by atoms with Gasteiger partial charge in [-0.2, -0.15) is 0 Å².